The molecule has 2 aliphatic heterocycles. The van der Waals surface area contributed by atoms with Gasteiger partial charge in [0.1, 0.15) is 6.54 Å². The van der Waals surface area contributed by atoms with Crippen LogP contribution in [0.3, 0.4) is 0 Å². The Labute approximate surface area is 127 Å². The van der Waals surface area contributed by atoms with Gasteiger partial charge in [0.25, 0.3) is 0 Å². The van der Waals surface area contributed by atoms with Gasteiger partial charge in [-0.05, 0) is 43.5 Å². The standard InChI is InChI=1S/C15H17ClN2O3/c16-9-1-4-11(5-2-9)18(8-14(19)20)15(21)12-7-10-3-6-13(12)17-10/h1-2,4-5,10,12-13,17H,3,6-8H2,(H,19,20). The molecule has 0 spiro atoms. The van der Waals surface area contributed by atoms with Gasteiger partial charge in [0.2, 0.25) is 5.91 Å². The number of rotatable bonds is 4. The van der Waals surface area contributed by atoms with Crippen LogP contribution >= 0.6 is 11.6 Å². The highest BCUT2D eigenvalue weighted by atomic mass is 35.5. The molecule has 2 aliphatic rings. The summed E-state index contributed by atoms with van der Waals surface area (Å²) in [7, 11) is 0. The van der Waals surface area contributed by atoms with Crippen molar-refractivity contribution in [2.75, 3.05) is 11.4 Å². The van der Waals surface area contributed by atoms with Crippen molar-refractivity contribution in [3.05, 3.63) is 29.3 Å². The maximum absolute atomic E-state index is 12.7. The molecule has 2 bridgehead atoms. The predicted molar refractivity (Wildman–Crippen MR) is 79.5 cm³/mol. The summed E-state index contributed by atoms with van der Waals surface area (Å²) in [4.78, 5) is 25.2. The highest BCUT2D eigenvalue weighted by Crippen LogP contribution is 2.35. The van der Waals surface area contributed by atoms with Crippen molar-refractivity contribution in [3.63, 3.8) is 0 Å². The molecule has 112 valence electrons. The molecule has 21 heavy (non-hydrogen) atoms. The van der Waals surface area contributed by atoms with Crippen LogP contribution < -0.4 is 10.2 Å². The second kappa shape index (κ2) is 5.66. The van der Waals surface area contributed by atoms with E-state index < -0.39 is 5.97 Å². The first kappa shape index (κ1) is 14.4. The molecule has 0 radical (unpaired) electrons. The van der Waals surface area contributed by atoms with E-state index in [0.717, 1.165) is 19.3 Å². The molecule has 6 heteroatoms. The Hall–Kier alpha value is -1.59. The quantitative estimate of drug-likeness (QED) is 0.891. The number of nitrogens with one attached hydrogen (secondary N) is 1. The van der Waals surface area contributed by atoms with Gasteiger partial charge in [0.15, 0.2) is 0 Å². The lowest BCUT2D eigenvalue weighted by atomic mass is 9.88. The minimum Gasteiger partial charge on any atom is -0.480 e. The molecule has 0 saturated carbocycles. The fraction of sp³-hybridized carbons (Fsp3) is 0.467. The van der Waals surface area contributed by atoms with E-state index in [4.69, 9.17) is 16.7 Å². The van der Waals surface area contributed by atoms with E-state index in [2.05, 4.69) is 5.32 Å². The van der Waals surface area contributed by atoms with Gasteiger partial charge in [-0.25, -0.2) is 0 Å². The summed E-state index contributed by atoms with van der Waals surface area (Å²) in [6, 6.07) is 7.29. The summed E-state index contributed by atoms with van der Waals surface area (Å²) in [5.74, 6) is -1.26. The van der Waals surface area contributed by atoms with E-state index in [1.54, 1.807) is 24.3 Å². The maximum Gasteiger partial charge on any atom is 0.323 e. The van der Waals surface area contributed by atoms with Crippen molar-refractivity contribution in [1.29, 1.82) is 0 Å². The molecule has 2 saturated heterocycles. The largest absolute Gasteiger partial charge is 0.480 e. The zero-order valence-electron chi connectivity index (χ0n) is 11.5. The Kier molecular flexibility index (Phi) is 3.87. The molecule has 3 atom stereocenters. The number of aliphatic carboxylic acids is 1. The summed E-state index contributed by atoms with van der Waals surface area (Å²) in [6.07, 6.45) is 2.89. The number of anilines is 1. The number of nitrogens with zero attached hydrogens (tertiary/aromatic N) is 1. The van der Waals surface area contributed by atoms with Gasteiger partial charge in [-0.2, -0.15) is 0 Å². The molecule has 5 nitrogen and oxygen atoms in total. The van der Waals surface area contributed by atoms with Crippen LogP contribution in [0.1, 0.15) is 19.3 Å². The van der Waals surface area contributed by atoms with Crippen LogP contribution in [0.15, 0.2) is 24.3 Å². The van der Waals surface area contributed by atoms with Crippen molar-refractivity contribution >= 4 is 29.2 Å². The average Bonchev–Trinajstić information content (AvgIpc) is 3.07. The molecule has 1 aromatic rings. The Balaban J connectivity index is 1.83. The van der Waals surface area contributed by atoms with Gasteiger partial charge >= 0.3 is 5.97 Å². The number of carbonyl (C=O) groups is 2. The van der Waals surface area contributed by atoms with Crippen LogP contribution in [0.25, 0.3) is 0 Å². The topological polar surface area (TPSA) is 69.6 Å². The van der Waals surface area contributed by atoms with E-state index in [0.29, 0.717) is 16.8 Å². The third-order valence-electron chi connectivity index (χ3n) is 4.31. The van der Waals surface area contributed by atoms with E-state index in [-0.39, 0.29) is 24.4 Å². The van der Waals surface area contributed by atoms with Crippen molar-refractivity contribution in [2.24, 2.45) is 5.92 Å². The number of carboxylic acids is 1. The van der Waals surface area contributed by atoms with Crippen LogP contribution in [0, 0.1) is 5.92 Å². The first-order valence-corrected chi connectivity index (χ1v) is 7.47. The first-order valence-electron chi connectivity index (χ1n) is 7.09. The monoisotopic (exact) mass is 308 g/mol. The second-order valence-corrected chi connectivity index (χ2v) is 6.12. The number of fused-ring (bicyclic) bond motifs is 2. The minimum atomic E-state index is -1.02. The van der Waals surface area contributed by atoms with Crippen molar-refractivity contribution in [3.8, 4) is 0 Å². The third-order valence-corrected chi connectivity index (χ3v) is 4.57. The first-order chi connectivity index (χ1) is 10.0. The zero-order valence-corrected chi connectivity index (χ0v) is 12.2. The number of amides is 1. The van der Waals surface area contributed by atoms with E-state index in [9.17, 15) is 9.59 Å². The van der Waals surface area contributed by atoms with Gasteiger partial charge in [0.05, 0.1) is 5.92 Å². The van der Waals surface area contributed by atoms with Gasteiger partial charge in [-0.1, -0.05) is 11.6 Å². The molecule has 0 aliphatic carbocycles. The molecule has 2 N–H and O–H groups in total. The summed E-state index contributed by atoms with van der Waals surface area (Å²) < 4.78 is 0. The summed E-state index contributed by atoms with van der Waals surface area (Å²) in [5, 5.41) is 13.1. The number of carboxylic acid groups (broad SMARTS) is 1. The molecule has 2 fully saturated rings. The van der Waals surface area contributed by atoms with Gasteiger partial charge < -0.3 is 15.3 Å². The van der Waals surface area contributed by atoms with Crippen LogP contribution in [0.5, 0.6) is 0 Å². The number of carbonyl (C=O) groups excluding carboxylic acids is 1. The lowest BCUT2D eigenvalue weighted by Crippen LogP contribution is -2.43. The fourth-order valence-electron chi connectivity index (χ4n) is 3.35. The van der Waals surface area contributed by atoms with Crippen LogP contribution in [-0.4, -0.2) is 35.6 Å². The zero-order chi connectivity index (χ0) is 15.0. The molecule has 1 amide bonds. The minimum absolute atomic E-state index is 0.112. The normalized spacial score (nSPS) is 26.8. The number of benzene rings is 1. The SMILES string of the molecule is O=C(O)CN(C(=O)C1CC2CCC1N2)c1ccc(Cl)cc1. The summed E-state index contributed by atoms with van der Waals surface area (Å²) in [5.41, 5.74) is 0.578. The van der Waals surface area contributed by atoms with Crippen molar-refractivity contribution in [1.82, 2.24) is 5.32 Å². The highest BCUT2D eigenvalue weighted by molar-refractivity contribution is 6.30. The van der Waals surface area contributed by atoms with Gasteiger partial charge in [0, 0.05) is 22.8 Å². The molecular weight excluding hydrogens is 292 g/mol. The van der Waals surface area contributed by atoms with Gasteiger partial charge in [-0.15, -0.1) is 0 Å². The maximum atomic E-state index is 12.7. The Bertz CT molecular complexity index is 561. The molecular formula is C15H17ClN2O3. The highest BCUT2D eigenvalue weighted by Gasteiger charge is 2.44. The average molecular weight is 309 g/mol. The Morgan fingerprint density at radius 2 is 2.00 bits per heavy atom. The van der Waals surface area contributed by atoms with E-state index >= 15 is 0 Å². The molecule has 1 aromatic carbocycles. The van der Waals surface area contributed by atoms with Gasteiger partial charge in [-0.3, -0.25) is 9.59 Å². The number of hydrogen-bond donors (Lipinski definition) is 2. The second-order valence-electron chi connectivity index (χ2n) is 5.68. The van der Waals surface area contributed by atoms with Crippen molar-refractivity contribution < 1.29 is 14.7 Å². The molecule has 2 heterocycles. The lowest BCUT2D eigenvalue weighted by Gasteiger charge is -2.27. The summed E-state index contributed by atoms with van der Waals surface area (Å²) in [6.45, 7) is -0.325. The Morgan fingerprint density at radius 3 is 2.52 bits per heavy atom. The smallest absolute Gasteiger partial charge is 0.323 e. The molecule has 0 aromatic heterocycles. The third kappa shape index (κ3) is 2.89. The number of hydrogen-bond acceptors (Lipinski definition) is 3. The van der Waals surface area contributed by atoms with Crippen LogP contribution in [0.4, 0.5) is 5.69 Å². The molecule has 3 unspecified atom stereocenters. The van der Waals surface area contributed by atoms with Crippen LogP contribution in [0.2, 0.25) is 5.02 Å². The lowest BCUT2D eigenvalue weighted by molar-refractivity contribution is -0.137. The Morgan fingerprint density at radius 1 is 1.29 bits per heavy atom. The van der Waals surface area contributed by atoms with Crippen LogP contribution in [-0.2, 0) is 9.59 Å². The van der Waals surface area contributed by atoms with Crippen molar-refractivity contribution in [2.45, 2.75) is 31.3 Å². The summed E-state index contributed by atoms with van der Waals surface area (Å²) >= 11 is 5.85. The fourth-order valence-corrected chi connectivity index (χ4v) is 3.48. The molecule has 3 rings (SSSR count). The van der Waals surface area contributed by atoms with E-state index in [1.807, 2.05) is 0 Å². The number of halogens is 1. The predicted octanol–water partition coefficient (Wildman–Crippen LogP) is 1.90. The van der Waals surface area contributed by atoms with E-state index in [1.165, 1.54) is 4.90 Å².